The molecule has 2 aromatic rings. The molecule has 0 aliphatic rings. The highest BCUT2D eigenvalue weighted by Gasteiger charge is 2.03. The highest BCUT2D eigenvalue weighted by molar-refractivity contribution is 5.69. The van der Waals surface area contributed by atoms with Crippen molar-refractivity contribution in [2.75, 3.05) is 0 Å². The van der Waals surface area contributed by atoms with Crippen molar-refractivity contribution in [3.8, 4) is 0 Å². The van der Waals surface area contributed by atoms with Crippen LogP contribution in [-0.4, -0.2) is 4.92 Å². The third-order valence-electron chi connectivity index (χ3n) is 4.76. The molecule has 0 fully saturated rings. The molecule has 0 bridgehead atoms. The van der Waals surface area contributed by atoms with E-state index in [9.17, 15) is 10.1 Å². The number of aryl methyl sites for hydroxylation is 1. The Morgan fingerprint density at radius 2 is 1.33 bits per heavy atom. The number of nitrogens with zero attached hydrogens (tertiary/aromatic N) is 2. The lowest BCUT2D eigenvalue weighted by Crippen LogP contribution is -2.32. The summed E-state index contributed by atoms with van der Waals surface area (Å²) >= 11 is 0. The fourth-order valence-corrected chi connectivity index (χ4v) is 3.06. The molecular weight excluding hydrogens is 336 g/mol. The summed E-state index contributed by atoms with van der Waals surface area (Å²) in [6.45, 7) is 3.33. The number of nitro benzene ring substituents is 1. The van der Waals surface area contributed by atoms with E-state index in [4.69, 9.17) is 0 Å². The average molecular weight is 368 g/mol. The lowest BCUT2D eigenvalue weighted by molar-refractivity contribution is -0.697. The van der Waals surface area contributed by atoms with E-state index in [2.05, 4.69) is 36.0 Å². The highest BCUT2D eigenvalue weighted by atomic mass is 16.6. The largest absolute Gasteiger partial charge is 0.269 e. The predicted molar refractivity (Wildman–Crippen MR) is 111 cm³/mol. The van der Waals surface area contributed by atoms with Gasteiger partial charge in [0.15, 0.2) is 12.4 Å². The molecule has 2 rings (SSSR count). The zero-order chi connectivity index (χ0) is 19.3. The van der Waals surface area contributed by atoms with Crippen LogP contribution in [0.5, 0.6) is 0 Å². The van der Waals surface area contributed by atoms with Crippen molar-refractivity contribution < 1.29 is 9.49 Å². The minimum atomic E-state index is -0.379. The first-order valence-corrected chi connectivity index (χ1v) is 10.1. The number of benzene rings is 1. The maximum Gasteiger partial charge on any atom is 0.269 e. The van der Waals surface area contributed by atoms with Gasteiger partial charge in [-0.05, 0) is 29.7 Å². The topological polar surface area (TPSA) is 47.0 Å². The van der Waals surface area contributed by atoms with Gasteiger partial charge in [-0.25, -0.2) is 4.57 Å². The molecule has 4 nitrogen and oxygen atoms in total. The molecule has 0 atom stereocenters. The third-order valence-corrected chi connectivity index (χ3v) is 4.76. The predicted octanol–water partition coefficient (Wildman–Crippen LogP) is 6.19. The average Bonchev–Trinajstić information content (AvgIpc) is 2.69. The SMILES string of the molecule is CCCCCCCCCC[n+]1ccc(/C=C/c2ccc([N+](=O)[O-])cc2)cc1. The van der Waals surface area contributed by atoms with Crippen LogP contribution in [0.2, 0.25) is 0 Å². The van der Waals surface area contributed by atoms with Crippen LogP contribution < -0.4 is 4.57 Å². The molecule has 0 saturated carbocycles. The Kier molecular flexibility index (Phi) is 9.25. The Bertz CT molecular complexity index is 706. The van der Waals surface area contributed by atoms with Gasteiger partial charge in [-0.3, -0.25) is 10.1 Å². The lowest BCUT2D eigenvalue weighted by Gasteiger charge is -2.00. The Labute approximate surface area is 162 Å². The van der Waals surface area contributed by atoms with Gasteiger partial charge < -0.3 is 0 Å². The summed E-state index contributed by atoms with van der Waals surface area (Å²) in [6.07, 6.45) is 19.0. The first kappa shape index (κ1) is 20.8. The second-order valence-corrected chi connectivity index (χ2v) is 7.03. The van der Waals surface area contributed by atoms with Gasteiger partial charge in [0, 0.05) is 30.7 Å². The van der Waals surface area contributed by atoms with Gasteiger partial charge in [-0.2, -0.15) is 0 Å². The van der Waals surface area contributed by atoms with Crippen LogP contribution in [0, 0.1) is 10.1 Å². The van der Waals surface area contributed by atoms with Gasteiger partial charge in [-0.15, -0.1) is 0 Å². The Hall–Kier alpha value is -2.49. The molecule has 1 aromatic heterocycles. The molecule has 27 heavy (non-hydrogen) atoms. The van der Waals surface area contributed by atoms with E-state index in [-0.39, 0.29) is 10.6 Å². The van der Waals surface area contributed by atoms with Crippen molar-refractivity contribution >= 4 is 17.8 Å². The molecular formula is C23H31N2O2+. The first-order chi connectivity index (χ1) is 13.2. The van der Waals surface area contributed by atoms with E-state index in [0.717, 1.165) is 17.7 Å². The van der Waals surface area contributed by atoms with Crippen molar-refractivity contribution in [1.82, 2.24) is 0 Å². The standard InChI is InChI=1S/C23H31N2O2/c1-2-3-4-5-6-7-8-9-18-24-19-16-22(17-20-24)11-10-21-12-14-23(15-13-21)25(26)27/h10-17,19-20H,2-9,18H2,1H3/q+1/b11-10+. The molecule has 1 heterocycles. The van der Waals surface area contributed by atoms with Gasteiger partial charge in [0.05, 0.1) is 4.92 Å². The van der Waals surface area contributed by atoms with E-state index >= 15 is 0 Å². The van der Waals surface area contributed by atoms with Crippen LogP contribution in [0.25, 0.3) is 12.2 Å². The number of rotatable bonds is 12. The van der Waals surface area contributed by atoms with Crippen LogP contribution in [0.1, 0.15) is 69.4 Å². The van der Waals surface area contributed by atoms with Crippen LogP contribution in [-0.2, 0) is 6.54 Å². The van der Waals surface area contributed by atoms with Crippen molar-refractivity contribution in [2.45, 2.75) is 64.8 Å². The summed E-state index contributed by atoms with van der Waals surface area (Å²) in [5.41, 5.74) is 2.20. The number of non-ortho nitro benzene ring substituents is 1. The second kappa shape index (κ2) is 12.0. The molecule has 0 spiro atoms. The number of unbranched alkanes of at least 4 members (excludes halogenated alkanes) is 7. The summed E-state index contributed by atoms with van der Waals surface area (Å²) in [6, 6.07) is 10.8. The number of nitro groups is 1. The maximum absolute atomic E-state index is 10.7. The minimum Gasteiger partial charge on any atom is -0.258 e. The van der Waals surface area contributed by atoms with E-state index in [1.807, 2.05) is 12.2 Å². The van der Waals surface area contributed by atoms with Crippen molar-refractivity contribution in [3.05, 3.63) is 70.0 Å². The smallest absolute Gasteiger partial charge is 0.258 e. The van der Waals surface area contributed by atoms with Gasteiger partial charge in [-0.1, -0.05) is 57.6 Å². The number of pyridine rings is 1. The summed E-state index contributed by atoms with van der Waals surface area (Å²) < 4.78 is 2.24. The van der Waals surface area contributed by atoms with E-state index in [0.29, 0.717) is 0 Å². The highest BCUT2D eigenvalue weighted by Crippen LogP contribution is 2.14. The minimum absolute atomic E-state index is 0.119. The van der Waals surface area contributed by atoms with Crippen LogP contribution >= 0.6 is 0 Å². The molecule has 0 aliphatic carbocycles. The van der Waals surface area contributed by atoms with Gasteiger partial charge >= 0.3 is 0 Å². The first-order valence-electron chi connectivity index (χ1n) is 10.1. The molecule has 0 radical (unpaired) electrons. The maximum atomic E-state index is 10.7. The molecule has 0 unspecified atom stereocenters. The fourth-order valence-electron chi connectivity index (χ4n) is 3.06. The monoisotopic (exact) mass is 367 g/mol. The molecule has 0 aliphatic heterocycles. The Morgan fingerprint density at radius 1 is 0.815 bits per heavy atom. The molecule has 0 N–H and O–H groups in total. The van der Waals surface area contributed by atoms with E-state index in [1.54, 1.807) is 12.1 Å². The lowest BCUT2D eigenvalue weighted by atomic mass is 10.1. The number of hydrogen-bond acceptors (Lipinski definition) is 2. The van der Waals surface area contributed by atoms with Gasteiger partial charge in [0.2, 0.25) is 0 Å². The molecule has 0 saturated heterocycles. The van der Waals surface area contributed by atoms with Crippen LogP contribution in [0.4, 0.5) is 5.69 Å². The molecule has 4 heteroatoms. The molecule has 144 valence electrons. The van der Waals surface area contributed by atoms with Gasteiger partial charge in [0.25, 0.3) is 5.69 Å². The van der Waals surface area contributed by atoms with Crippen LogP contribution in [0.15, 0.2) is 48.8 Å². The summed E-state index contributed by atoms with van der Waals surface area (Å²) in [4.78, 5) is 10.3. The summed E-state index contributed by atoms with van der Waals surface area (Å²) in [7, 11) is 0. The third kappa shape index (κ3) is 8.16. The normalized spacial score (nSPS) is 11.1. The quantitative estimate of drug-likeness (QED) is 0.194. The molecule has 1 aromatic carbocycles. The summed E-state index contributed by atoms with van der Waals surface area (Å²) in [5.74, 6) is 0. The van der Waals surface area contributed by atoms with Crippen molar-refractivity contribution in [3.63, 3.8) is 0 Å². The number of aromatic nitrogens is 1. The Morgan fingerprint density at radius 3 is 1.89 bits per heavy atom. The fraction of sp³-hybridized carbons (Fsp3) is 0.435. The number of hydrogen-bond donors (Lipinski definition) is 0. The van der Waals surface area contributed by atoms with E-state index < -0.39 is 0 Å². The zero-order valence-corrected chi connectivity index (χ0v) is 16.3. The Balaban J connectivity index is 1.70. The van der Waals surface area contributed by atoms with E-state index in [1.165, 1.54) is 63.5 Å². The van der Waals surface area contributed by atoms with Crippen molar-refractivity contribution in [2.24, 2.45) is 0 Å². The van der Waals surface area contributed by atoms with Crippen molar-refractivity contribution in [1.29, 1.82) is 0 Å². The molecule has 0 amide bonds. The second-order valence-electron chi connectivity index (χ2n) is 7.03. The zero-order valence-electron chi connectivity index (χ0n) is 16.3. The van der Waals surface area contributed by atoms with Gasteiger partial charge in [0.1, 0.15) is 6.54 Å². The van der Waals surface area contributed by atoms with Crippen LogP contribution in [0.3, 0.4) is 0 Å². The summed E-state index contributed by atoms with van der Waals surface area (Å²) in [5, 5.41) is 10.7.